The minimum Gasteiger partial charge on any atom is -0.289 e. The molecule has 17 heavy (non-hydrogen) atoms. The fourth-order valence-electron chi connectivity index (χ4n) is 1.59. The van der Waals surface area contributed by atoms with E-state index in [1.807, 2.05) is 19.1 Å². The molecule has 0 aliphatic carbocycles. The normalized spacial score (nSPS) is 10.3. The number of hydrogen-bond donors (Lipinski definition) is 0. The second-order valence-corrected chi connectivity index (χ2v) is 4.68. The Balaban J connectivity index is 2.44. The first-order valence-corrected chi connectivity index (χ1v) is 5.93. The lowest BCUT2D eigenvalue weighted by Crippen LogP contribution is -2.02. The Morgan fingerprint density at radius 1 is 1.18 bits per heavy atom. The lowest BCUT2D eigenvalue weighted by atomic mass is 10.0. The van der Waals surface area contributed by atoms with Gasteiger partial charge in [0.15, 0.2) is 5.78 Å². The molecule has 0 aliphatic rings. The predicted octanol–water partition coefficient (Wildman–Crippen LogP) is 4.13. The van der Waals surface area contributed by atoms with Crippen molar-refractivity contribution in [2.75, 3.05) is 0 Å². The first kappa shape index (κ1) is 12.0. The third-order valence-electron chi connectivity index (χ3n) is 2.46. The molecular formula is C14H10BrFO. The van der Waals surface area contributed by atoms with Crippen LogP contribution in [0.25, 0.3) is 0 Å². The summed E-state index contributed by atoms with van der Waals surface area (Å²) in [6, 6.07) is 11.2. The summed E-state index contributed by atoms with van der Waals surface area (Å²) in [6.45, 7) is 1.95. The first-order valence-electron chi connectivity index (χ1n) is 5.14. The molecule has 2 rings (SSSR count). The summed E-state index contributed by atoms with van der Waals surface area (Å²) in [5.41, 5.74) is 1.96. The highest BCUT2D eigenvalue weighted by Crippen LogP contribution is 2.21. The van der Waals surface area contributed by atoms with E-state index in [0.717, 1.165) is 10.0 Å². The van der Waals surface area contributed by atoms with Gasteiger partial charge in [-0.1, -0.05) is 34.1 Å². The highest BCUT2D eigenvalue weighted by Gasteiger charge is 2.12. The second-order valence-electron chi connectivity index (χ2n) is 3.82. The van der Waals surface area contributed by atoms with Crippen LogP contribution in [0.5, 0.6) is 0 Å². The van der Waals surface area contributed by atoms with Crippen LogP contribution in [0.15, 0.2) is 46.9 Å². The monoisotopic (exact) mass is 292 g/mol. The minimum absolute atomic E-state index is 0.184. The Labute approximate surface area is 107 Å². The third-order valence-corrected chi connectivity index (χ3v) is 3.11. The summed E-state index contributed by atoms with van der Waals surface area (Å²) in [7, 11) is 0. The second kappa shape index (κ2) is 4.80. The van der Waals surface area contributed by atoms with Crippen molar-refractivity contribution in [1.82, 2.24) is 0 Å². The SMILES string of the molecule is Cc1ccc(C(=O)c2cccc(F)c2)c(Br)c1. The van der Waals surface area contributed by atoms with Crippen molar-refractivity contribution >= 4 is 21.7 Å². The Morgan fingerprint density at radius 3 is 2.59 bits per heavy atom. The van der Waals surface area contributed by atoms with E-state index >= 15 is 0 Å². The molecule has 0 spiro atoms. The maximum absolute atomic E-state index is 13.0. The van der Waals surface area contributed by atoms with Gasteiger partial charge >= 0.3 is 0 Å². The molecule has 0 amide bonds. The molecule has 2 aromatic carbocycles. The number of aryl methyl sites for hydroxylation is 1. The van der Waals surface area contributed by atoms with Gasteiger partial charge in [0, 0.05) is 15.6 Å². The van der Waals surface area contributed by atoms with Crippen molar-refractivity contribution in [2.24, 2.45) is 0 Å². The van der Waals surface area contributed by atoms with Gasteiger partial charge in [-0.15, -0.1) is 0 Å². The van der Waals surface area contributed by atoms with Gasteiger partial charge in [-0.05, 0) is 36.8 Å². The van der Waals surface area contributed by atoms with E-state index < -0.39 is 5.82 Å². The smallest absolute Gasteiger partial charge is 0.194 e. The zero-order valence-corrected chi connectivity index (χ0v) is 10.8. The van der Waals surface area contributed by atoms with Crippen LogP contribution in [-0.4, -0.2) is 5.78 Å². The topological polar surface area (TPSA) is 17.1 Å². The number of carbonyl (C=O) groups excluding carboxylic acids is 1. The Bertz CT molecular complexity index is 578. The van der Waals surface area contributed by atoms with Gasteiger partial charge in [0.1, 0.15) is 5.82 Å². The Morgan fingerprint density at radius 2 is 1.94 bits per heavy atom. The van der Waals surface area contributed by atoms with Crippen molar-refractivity contribution in [1.29, 1.82) is 0 Å². The van der Waals surface area contributed by atoms with E-state index in [4.69, 9.17) is 0 Å². The van der Waals surface area contributed by atoms with Crippen LogP contribution in [0.1, 0.15) is 21.5 Å². The molecule has 3 heteroatoms. The van der Waals surface area contributed by atoms with Crippen LogP contribution in [0, 0.1) is 12.7 Å². The molecule has 0 atom stereocenters. The number of rotatable bonds is 2. The van der Waals surface area contributed by atoms with E-state index in [1.54, 1.807) is 12.1 Å². The molecule has 0 saturated carbocycles. The summed E-state index contributed by atoms with van der Waals surface area (Å²) >= 11 is 3.35. The van der Waals surface area contributed by atoms with Gasteiger partial charge in [-0.3, -0.25) is 4.79 Å². The van der Waals surface area contributed by atoms with Crippen molar-refractivity contribution < 1.29 is 9.18 Å². The molecule has 0 N–H and O–H groups in total. The van der Waals surface area contributed by atoms with E-state index in [9.17, 15) is 9.18 Å². The summed E-state index contributed by atoms with van der Waals surface area (Å²) in [5, 5.41) is 0. The molecule has 0 aliphatic heterocycles. The Hall–Kier alpha value is -1.48. The fraction of sp³-hybridized carbons (Fsp3) is 0.0714. The van der Waals surface area contributed by atoms with E-state index in [-0.39, 0.29) is 5.78 Å². The van der Waals surface area contributed by atoms with Crippen molar-refractivity contribution in [3.8, 4) is 0 Å². The third kappa shape index (κ3) is 2.61. The Kier molecular flexibility index (Phi) is 3.38. The van der Waals surface area contributed by atoms with Crippen LogP contribution in [-0.2, 0) is 0 Å². The number of halogens is 2. The van der Waals surface area contributed by atoms with Gasteiger partial charge in [0.05, 0.1) is 0 Å². The van der Waals surface area contributed by atoms with Crippen LogP contribution >= 0.6 is 15.9 Å². The zero-order valence-electron chi connectivity index (χ0n) is 9.21. The van der Waals surface area contributed by atoms with E-state index in [1.165, 1.54) is 18.2 Å². The fourth-order valence-corrected chi connectivity index (χ4v) is 2.26. The van der Waals surface area contributed by atoms with Gasteiger partial charge in [-0.25, -0.2) is 4.39 Å². The van der Waals surface area contributed by atoms with Crippen LogP contribution in [0.2, 0.25) is 0 Å². The number of benzene rings is 2. The van der Waals surface area contributed by atoms with Gasteiger partial charge in [0.2, 0.25) is 0 Å². The minimum atomic E-state index is -0.404. The molecule has 0 fully saturated rings. The number of carbonyl (C=O) groups is 1. The molecule has 86 valence electrons. The molecule has 0 heterocycles. The lowest BCUT2D eigenvalue weighted by Gasteiger charge is -2.05. The molecule has 0 unspecified atom stereocenters. The van der Waals surface area contributed by atoms with Gasteiger partial charge in [0.25, 0.3) is 0 Å². The average molecular weight is 293 g/mol. The highest BCUT2D eigenvalue weighted by atomic mass is 79.9. The van der Waals surface area contributed by atoms with Crippen molar-refractivity contribution in [3.63, 3.8) is 0 Å². The van der Waals surface area contributed by atoms with Crippen molar-refractivity contribution in [2.45, 2.75) is 6.92 Å². The largest absolute Gasteiger partial charge is 0.289 e. The molecule has 0 aromatic heterocycles. The lowest BCUT2D eigenvalue weighted by molar-refractivity contribution is 0.103. The molecule has 1 nitrogen and oxygen atoms in total. The van der Waals surface area contributed by atoms with Gasteiger partial charge < -0.3 is 0 Å². The van der Waals surface area contributed by atoms with E-state index in [0.29, 0.717) is 11.1 Å². The van der Waals surface area contributed by atoms with Crippen LogP contribution in [0.4, 0.5) is 4.39 Å². The maximum atomic E-state index is 13.0. The van der Waals surface area contributed by atoms with Crippen LogP contribution in [0.3, 0.4) is 0 Å². The highest BCUT2D eigenvalue weighted by molar-refractivity contribution is 9.10. The van der Waals surface area contributed by atoms with Crippen LogP contribution < -0.4 is 0 Å². The summed E-state index contributed by atoms with van der Waals surface area (Å²) in [4.78, 5) is 12.1. The van der Waals surface area contributed by atoms with Gasteiger partial charge in [-0.2, -0.15) is 0 Å². The first-order chi connectivity index (χ1) is 8.08. The summed E-state index contributed by atoms with van der Waals surface area (Å²) < 4.78 is 13.8. The maximum Gasteiger partial charge on any atom is 0.194 e. The molecule has 0 bridgehead atoms. The zero-order chi connectivity index (χ0) is 12.4. The van der Waals surface area contributed by atoms with Crippen molar-refractivity contribution in [3.05, 3.63) is 69.4 Å². The predicted molar refractivity (Wildman–Crippen MR) is 68.7 cm³/mol. The molecular weight excluding hydrogens is 283 g/mol. The summed E-state index contributed by atoms with van der Waals surface area (Å²) in [5.74, 6) is -0.588. The number of ketones is 1. The number of hydrogen-bond acceptors (Lipinski definition) is 1. The summed E-state index contributed by atoms with van der Waals surface area (Å²) in [6.07, 6.45) is 0. The average Bonchev–Trinajstić information content (AvgIpc) is 2.28. The molecule has 0 saturated heterocycles. The molecule has 2 aromatic rings. The van der Waals surface area contributed by atoms with E-state index in [2.05, 4.69) is 15.9 Å². The molecule has 0 radical (unpaired) electrons. The standard InChI is InChI=1S/C14H10BrFO/c1-9-5-6-12(13(15)7-9)14(17)10-3-2-4-11(16)8-10/h2-8H,1H3. The quantitative estimate of drug-likeness (QED) is 0.761.